The van der Waals surface area contributed by atoms with Gasteiger partial charge in [-0.25, -0.2) is 8.42 Å². The van der Waals surface area contributed by atoms with Crippen LogP contribution in [0.4, 0.5) is 0 Å². The summed E-state index contributed by atoms with van der Waals surface area (Å²) in [6, 6.07) is 13.5. The number of benzene rings is 2. The number of para-hydroxylation sites is 1. The highest BCUT2D eigenvalue weighted by atomic mass is 32.2. The molecule has 0 atom stereocenters. The van der Waals surface area contributed by atoms with E-state index in [4.69, 9.17) is 0 Å². The van der Waals surface area contributed by atoms with Crippen molar-refractivity contribution in [3.8, 4) is 0 Å². The Kier molecular flexibility index (Phi) is 7.15. The summed E-state index contributed by atoms with van der Waals surface area (Å²) < 4.78 is 23.1. The number of aryl methyl sites for hydroxylation is 1. The number of guanidine groups is 1. The maximum Gasteiger partial charge on any atom is 0.190 e. The lowest BCUT2D eigenvalue weighted by atomic mass is 10.1. The fourth-order valence-corrected chi connectivity index (χ4v) is 4.17. The second-order valence-corrected chi connectivity index (χ2v) is 9.36. The van der Waals surface area contributed by atoms with Crippen LogP contribution >= 0.6 is 0 Å². The molecule has 0 saturated carbocycles. The predicted molar refractivity (Wildman–Crippen MR) is 124 cm³/mol. The molecule has 0 unspecified atom stereocenters. The third kappa shape index (κ3) is 5.42. The van der Waals surface area contributed by atoms with Crippen molar-refractivity contribution in [2.45, 2.75) is 31.1 Å². The maximum absolute atomic E-state index is 11.5. The number of hydrogen-bond donors (Lipinski definition) is 3. The molecule has 160 valence electrons. The molecular weight excluding hydrogens is 396 g/mol. The lowest BCUT2D eigenvalue weighted by Gasteiger charge is -2.12. The SMILES string of the molecule is CCc1cccc2c(CCNC(=NC)NCCc3ccc(S(C)(=O)=O)cc3)c[nH]c12. The summed E-state index contributed by atoms with van der Waals surface area (Å²) in [4.78, 5) is 8.04. The van der Waals surface area contributed by atoms with Gasteiger partial charge in [-0.3, -0.25) is 4.99 Å². The van der Waals surface area contributed by atoms with E-state index in [1.165, 1.54) is 28.3 Å². The van der Waals surface area contributed by atoms with E-state index >= 15 is 0 Å². The summed E-state index contributed by atoms with van der Waals surface area (Å²) in [5.41, 5.74) is 4.96. The van der Waals surface area contributed by atoms with Crippen LogP contribution in [0, 0.1) is 0 Å². The van der Waals surface area contributed by atoms with Crippen LogP contribution in [-0.2, 0) is 29.1 Å². The van der Waals surface area contributed by atoms with Crippen molar-refractivity contribution >= 4 is 26.7 Å². The van der Waals surface area contributed by atoms with Crippen molar-refractivity contribution in [1.29, 1.82) is 0 Å². The van der Waals surface area contributed by atoms with Gasteiger partial charge in [-0.05, 0) is 48.1 Å². The number of sulfone groups is 1. The highest BCUT2D eigenvalue weighted by Gasteiger charge is 2.08. The first kappa shape index (κ1) is 21.9. The first-order valence-electron chi connectivity index (χ1n) is 10.2. The fourth-order valence-electron chi connectivity index (χ4n) is 3.54. The molecule has 1 heterocycles. The average molecular weight is 427 g/mol. The largest absolute Gasteiger partial charge is 0.361 e. The van der Waals surface area contributed by atoms with E-state index in [1.807, 2.05) is 12.1 Å². The monoisotopic (exact) mass is 426 g/mol. The van der Waals surface area contributed by atoms with Crippen molar-refractivity contribution in [3.63, 3.8) is 0 Å². The summed E-state index contributed by atoms with van der Waals surface area (Å²) in [6.07, 6.45) is 6.02. The van der Waals surface area contributed by atoms with Gasteiger partial charge in [0.05, 0.1) is 4.90 Å². The summed E-state index contributed by atoms with van der Waals surface area (Å²) >= 11 is 0. The van der Waals surface area contributed by atoms with Crippen LogP contribution in [0.3, 0.4) is 0 Å². The number of aromatic amines is 1. The van der Waals surface area contributed by atoms with Crippen molar-refractivity contribution < 1.29 is 8.42 Å². The van der Waals surface area contributed by atoms with Gasteiger partial charge >= 0.3 is 0 Å². The zero-order valence-corrected chi connectivity index (χ0v) is 18.6. The van der Waals surface area contributed by atoms with Gasteiger partial charge in [-0.2, -0.15) is 0 Å². The molecule has 30 heavy (non-hydrogen) atoms. The van der Waals surface area contributed by atoms with Gasteiger partial charge in [0.15, 0.2) is 15.8 Å². The topological polar surface area (TPSA) is 86.3 Å². The van der Waals surface area contributed by atoms with Gasteiger partial charge in [-0.1, -0.05) is 37.3 Å². The van der Waals surface area contributed by atoms with Gasteiger partial charge in [-0.15, -0.1) is 0 Å². The molecule has 0 amide bonds. The number of rotatable bonds is 8. The molecule has 6 nitrogen and oxygen atoms in total. The molecule has 0 spiro atoms. The normalized spacial score (nSPS) is 12.3. The van der Waals surface area contributed by atoms with E-state index in [9.17, 15) is 8.42 Å². The molecule has 0 bridgehead atoms. The zero-order valence-electron chi connectivity index (χ0n) is 17.8. The van der Waals surface area contributed by atoms with E-state index in [0.717, 1.165) is 37.3 Å². The molecule has 0 aliphatic heterocycles. The lowest BCUT2D eigenvalue weighted by molar-refractivity contribution is 0.602. The van der Waals surface area contributed by atoms with Gasteiger partial charge < -0.3 is 15.6 Å². The molecule has 0 saturated heterocycles. The van der Waals surface area contributed by atoms with Crippen molar-refractivity contribution in [2.24, 2.45) is 4.99 Å². The Morgan fingerprint density at radius 2 is 1.70 bits per heavy atom. The van der Waals surface area contributed by atoms with Crippen LogP contribution in [0.15, 0.2) is 58.5 Å². The summed E-state index contributed by atoms with van der Waals surface area (Å²) in [7, 11) is -1.39. The van der Waals surface area contributed by atoms with Gasteiger partial charge in [0.25, 0.3) is 0 Å². The van der Waals surface area contributed by atoms with Gasteiger partial charge in [0, 0.05) is 43.5 Å². The van der Waals surface area contributed by atoms with Crippen molar-refractivity contribution in [2.75, 3.05) is 26.4 Å². The second kappa shape index (κ2) is 9.80. The minimum Gasteiger partial charge on any atom is -0.361 e. The predicted octanol–water partition coefficient (Wildman–Crippen LogP) is 3.08. The Morgan fingerprint density at radius 1 is 1.00 bits per heavy atom. The molecule has 0 aliphatic rings. The summed E-state index contributed by atoms with van der Waals surface area (Å²) in [5, 5.41) is 7.96. The van der Waals surface area contributed by atoms with Gasteiger partial charge in [0.1, 0.15) is 0 Å². The Hall–Kier alpha value is -2.80. The molecular formula is C23H30N4O2S. The molecule has 0 aliphatic carbocycles. The van der Waals surface area contributed by atoms with Crippen LogP contribution in [-0.4, -0.2) is 45.8 Å². The van der Waals surface area contributed by atoms with Gasteiger partial charge in [0.2, 0.25) is 0 Å². The van der Waals surface area contributed by atoms with Crippen LogP contribution in [0.5, 0.6) is 0 Å². The minimum atomic E-state index is -3.15. The van der Waals surface area contributed by atoms with Crippen LogP contribution < -0.4 is 10.6 Å². The number of aliphatic imine (C=N–C) groups is 1. The Balaban J connectivity index is 1.47. The molecule has 7 heteroatoms. The van der Waals surface area contributed by atoms with Crippen LogP contribution in [0.1, 0.15) is 23.6 Å². The van der Waals surface area contributed by atoms with Crippen molar-refractivity contribution in [3.05, 3.63) is 65.4 Å². The number of hydrogen-bond acceptors (Lipinski definition) is 3. The van der Waals surface area contributed by atoms with Crippen LogP contribution in [0.25, 0.3) is 10.9 Å². The smallest absolute Gasteiger partial charge is 0.190 e. The minimum absolute atomic E-state index is 0.347. The third-order valence-corrected chi connectivity index (χ3v) is 6.36. The Bertz CT molecular complexity index is 1120. The average Bonchev–Trinajstić information content (AvgIpc) is 3.15. The zero-order chi connectivity index (χ0) is 21.6. The van der Waals surface area contributed by atoms with Crippen LogP contribution in [0.2, 0.25) is 0 Å². The molecule has 3 N–H and O–H groups in total. The fraction of sp³-hybridized carbons (Fsp3) is 0.348. The van der Waals surface area contributed by atoms with Crippen molar-refractivity contribution in [1.82, 2.24) is 15.6 Å². The Morgan fingerprint density at radius 3 is 2.33 bits per heavy atom. The Labute approximate surface area is 178 Å². The number of nitrogens with zero attached hydrogens (tertiary/aromatic N) is 1. The molecule has 3 rings (SSSR count). The highest BCUT2D eigenvalue weighted by molar-refractivity contribution is 7.90. The second-order valence-electron chi connectivity index (χ2n) is 7.35. The van der Waals surface area contributed by atoms with E-state index in [-0.39, 0.29) is 0 Å². The van der Waals surface area contributed by atoms with E-state index in [2.05, 4.69) is 51.9 Å². The summed E-state index contributed by atoms with van der Waals surface area (Å²) in [5.74, 6) is 0.761. The number of H-pyrrole nitrogens is 1. The quantitative estimate of drug-likeness (QED) is 0.382. The van der Waals surface area contributed by atoms with E-state index in [1.54, 1.807) is 19.2 Å². The summed E-state index contributed by atoms with van der Waals surface area (Å²) in [6.45, 7) is 3.67. The standard InChI is InChI=1S/C23H30N4O2S/c1-4-18-6-5-7-21-19(16-27-22(18)21)13-15-26-23(24-2)25-14-12-17-8-10-20(11-9-17)30(3,28)29/h5-11,16,27H,4,12-15H2,1-3H3,(H2,24,25,26). The van der Waals surface area contributed by atoms with E-state index < -0.39 is 9.84 Å². The van der Waals surface area contributed by atoms with E-state index in [0.29, 0.717) is 11.4 Å². The molecule has 3 aromatic rings. The number of aromatic nitrogens is 1. The lowest BCUT2D eigenvalue weighted by Crippen LogP contribution is -2.39. The molecule has 1 aromatic heterocycles. The highest BCUT2D eigenvalue weighted by Crippen LogP contribution is 2.22. The third-order valence-electron chi connectivity index (χ3n) is 5.24. The first-order chi connectivity index (χ1) is 14.4. The molecule has 0 radical (unpaired) electrons. The molecule has 0 fully saturated rings. The molecule has 2 aromatic carbocycles. The first-order valence-corrected chi connectivity index (χ1v) is 12.1. The maximum atomic E-state index is 11.5. The number of nitrogens with one attached hydrogen (secondary N) is 3. The number of fused-ring (bicyclic) bond motifs is 1.